The molecule has 10 heteroatoms. The monoisotopic (exact) mass is 512 g/mol. The van der Waals surface area contributed by atoms with Crippen molar-refractivity contribution in [2.45, 2.75) is 26.8 Å². The van der Waals surface area contributed by atoms with Crippen LogP contribution in [0.3, 0.4) is 0 Å². The van der Waals surface area contributed by atoms with Crippen LogP contribution in [0.25, 0.3) is 11.7 Å². The van der Waals surface area contributed by atoms with Gasteiger partial charge in [-0.3, -0.25) is 18.9 Å². The number of fused-ring (bicyclic) bond motifs is 1. The van der Waals surface area contributed by atoms with E-state index in [1.165, 1.54) is 21.4 Å². The minimum atomic E-state index is -0.347. The van der Waals surface area contributed by atoms with E-state index in [-0.39, 0.29) is 29.4 Å². The van der Waals surface area contributed by atoms with Gasteiger partial charge in [0.25, 0.3) is 11.5 Å². The average Bonchev–Trinajstić information content (AvgIpc) is 3.10. The van der Waals surface area contributed by atoms with E-state index in [1.807, 2.05) is 19.9 Å². The number of pyridine rings is 1. The zero-order valence-electron chi connectivity index (χ0n) is 19.4. The summed E-state index contributed by atoms with van der Waals surface area (Å²) in [5, 5.41) is 3.24. The molecule has 4 rings (SSSR count). The van der Waals surface area contributed by atoms with Gasteiger partial charge in [-0.2, -0.15) is 0 Å². The summed E-state index contributed by atoms with van der Waals surface area (Å²) in [4.78, 5) is 33.1. The molecule has 3 heterocycles. The Morgan fingerprint density at radius 1 is 1.23 bits per heavy atom. The topological polar surface area (TPSA) is 75.9 Å². The zero-order chi connectivity index (χ0) is 24.9. The highest BCUT2D eigenvalue weighted by atomic mass is 32.2. The first kappa shape index (κ1) is 25.0. The number of hydrogen-bond donors (Lipinski definition) is 1. The van der Waals surface area contributed by atoms with Crippen LogP contribution in [0.4, 0.5) is 10.2 Å². The number of nitrogens with zero attached hydrogens (tertiary/aromatic N) is 3. The normalized spacial score (nSPS) is 14.9. The van der Waals surface area contributed by atoms with E-state index in [0.717, 1.165) is 29.3 Å². The number of carbonyl (C=O) groups excluding carboxylic acids is 1. The molecule has 0 atom stereocenters. The number of carbonyl (C=O) groups is 1. The molecule has 0 saturated carbocycles. The third-order valence-corrected chi connectivity index (χ3v) is 6.83. The van der Waals surface area contributed by atoms with Crippen molar-refractivity contribution in [3.63, 3.8) is 0 Å². The molecule has 2 aromatic heterocycles. The number of aryl methyl sites for hydroxylation is 1. The van der Waals surface area contributed by atoms with Crippen LogP contribution in [0.2, 0.25) is 0 Å². The van der Waals surface area contributed by atoms with Gasteiger partial charge in [0.15, 0.2) is 0 Å². The summed E-state index contributed by atoms with van der Waals surface area (Å²) in [6.45, 7) is 5.83. The van der Waals surface area contributed by atoms with Crippen molar-refractivity contribution in [2.24, 2.45) is 0 Å². The first-order chi connectivity index (χ1) is 16.9. The number of amides is 1. The van der Waals surface area contributed by atoms with Crippen LogP contribution in [0.15, 0.2) is 52.3 Å². The highest BCUT2D eigenvalue weighted by molar-refractivity contribution is 8.26. The fraction of sp³-hybridized carbons (Fsp3) is 0.280. The van der Waals surface area contributed by atoms with Crippen LogP contribution in [0.1, 0.15) is 30.0 Å². The van der Waals surface area contributed by atoms with E-state index in [4.69, 9.17) is 21.9 Å². The molecule has 0 bridgehead atoms. The van der Waals surface area contributed by atoms with Crippen LogP contribution in [0.5, 0.6) is 0 Å². The molecule has 0 aliphatic carbocycles. The van der Waals surface area contributed by atoms with Crippen molar-refractivity contribution in [3.05, 3.63) is 80.4 Å². The number of nitrogens with one attached hydrogen (secondary N) is 1. The van der Waals surface area contributed by atoms with Crippen molar-refractivity contribution >= 4 is 51.7 Å². The van der Waals surface area contributed by atoms with Gasteiger partial charge < -0.3 is 10.1 Å². The summed E-state index contributed by atoms with van der Waals surface area (Å²) < 4.78 is 20.5. The van der Waals surface area contributed by atoms with Gasteiger partial charge in [-0.25, -0.2) is 9.37 Å². The van der Waals surface area contributed by atoms with Gasteiger partial charge in [-0.05, 0) is 55.7 Å². The maximum absolute atomic E-state index is 13.4. The molecule has 182 valence electrons. The Labute approximate surface area is 212 Å². The van der Waals surface area contributed by atoms with E-state index in [1.54, 1.807) is 30.5 Å². The molecule has 35 heavy (non-hydrogen) atoms. The Kier molecular flexibility index (Phi) is 7.94. The van der Waals surface area contributed by atoms with E-state index in [2.05, 4.69) is 5.32 Å². The number of halogens is 1. The number of thiocarbonyl (C=S) groups is 1. The highest BCUT2D eigenvalue weighted by Crippen LogP contribution is 2.34. The van der Waals surface area contributed by atoms with Crippen LogP contribution in [-0.4, -0.2) is 44.3 Å². The second-order valence-corrected chi connectivity index (χ2v) is 9.61. The molecule has 1 N–H and O–H groups in total. The van der Waals surface area contributed by atoms with E-state index in [0.29, 0.717) is 40.4 Å². The second-order valence-electron chi connectivity index (χ2n) is 7.94. The number of anilines is 1. The molecule has 1 saturated heterocycles. The lowest BCUT2D eigenvalue weighted by Gasteiger charge is -2.14. The van der Waals surface area contributed by atoms with Gasteiger partial charge in [0, 0.05) is 26.0 Å². The van der Waals surface area contributed by atoms with Crippen LogP contribution in [0, 0.1) is 12.7 Å². The summed E-state index contributed by atoms with van der Waals surface area (Å²) in [7, 11) is 0. The largest absolute Gasteiger partial charge is 0.382 e. The van der Waals surface area contributed by atoms with E-state index in [9.17, 15) is 14.0 Å². The number of benzene rings is 1. The minimum Gasteiger partial charge on any atom is -0.382 e. The van der Waals surface area contributed by atoms with Crippen molar-refractivity contribution in [2.75, 3.05) is 25.1 Å². The first-order valence-corrected chi connectivity index (χ1v) is 12.4. The molecule has 0 radical (unpaired) electrons. The fourth-order valence-electron chi connectivity index (χ4n) is 3.64. The van der Waals surface area contributed by atoms with Crippen LogP contribution < -0.4 is 10.9 Å². The van der Waals surface area contributed by atoms with Crippen molar-refractivity contribution < 1.29 is 13.9 Å². The molecule has 0 spiro atoms. The maximum Gasteiger partial charge on any atom is 0.267 e. The number of aromatic nitrogens is 2. The summed E-state index contributed by atoms with van der Waals surface area (Å²) >= 11 is 6.56. The molecule has 7 nitrogen and oxygen atoms in total. The summed E-state index contributed by atoms with van der Waals surface area (Å²) in [6.07, 6.45) is 3.95. The Morgan fingerprint density at radius 3 is 2.74 bits per heavy atom. The fourth-order valence-corrected chi connectivity index (χ4v) is 4.88. The molecular formula is C25H25FN4O3S2. The number of thioether (sulfide) groups is 1. The molecule has 1 fully saturated rings. The Morgan fingerprint density at radius 2 is 2.00 bits per heavy atom. The molecule has 1 aliphatic heterocycles. The third kappa shape index (κ3) is 5.61. The van der Waals surface area contributed by atoms with Gasteiger partial charge in [0.2, 0.25) is 0 Å². The first-order valence-electron chi connectivity index (χ1n) is 11.2. The van der Waals surface area contributed by atoms with Crippen molar-refractivity contribution in [3.8, 4) is 0 Å². The molecular weight excluding hydrogens is 487 g/mol. The Bertz CT molecular complexity index is 1360. The lowest BCUT2D eigenvalue weighted by atomic mass is 10.2. The predicted octanol–water partition coefficient (Wildman–Crippen LogP) is 4.38. The van der Waals surface area contributed by atoms with Crippen molar-refractivity contribution in [1.82, 2.24) is 14.3 Å². The van der Waals surface area contributed by atoms with Crippen LogP contribution in [-0.2, 0) is 16.1 Å². The van der Waals surface area contributed by atoms with Gasteiger partial charge in [0.1, 0.15) is 21.6 Å². The minimum absolute atomic E-state index is 0.221. The number of ether oxygens (including phenoxy) is 1. The predicted molar refractivity (Wildman–Crippen MR) is 141 cm³/mol. The van der Waals surface area contributed by atoms with Gasteiger partial charge in [-0.1, -0.05) is 42.2 Å². The third-order valence-electron chi connectivity index (χ3n) is 5.45. The maximum atomic E-state index is 13.4. The molecule has 1 aromatic carbocycles. The van der Waals surface area contributed by atoms with Gasteiger partial charge >= 0.3 is 0 Å². The Hall–Kier alpha value is -3.08. The van der Waals surface area contributed by atoms with Crippen LogP contribution >= 0.6 is 24.0 Å². The molecule has 3 aromatic rings. The van der Waals surface area contributed by atoms with Crippen molar-refractivity contribution in [1.29, 1.82) is 0 Å². The highest BCUT2D eigenvalue weighted by Gasteiger charge is 2.32. The smallest absolute Gasteiger partial charge is 0.267 e. The molecule has 0 unspecified atom stereocenters. The standard InChI is InChI=1S/C25H25FN4O3S2/c1-3-33-13-5-11-27-21-19(23(31)29-12-4-6-16(2)22(29)28-21)14-20-24(32)30(25(34)35-20)15-17-7-9-18(26)10-8-17/h4,6-10,12,14,27H,3,5,11,13,15H2,1-2H3. The van der Waals surface area contributed by atoms with E-state index >= 15 is 0 Å². The quantitative estimate of drug-likeness (QED) is 0.259. The SMILES string of the molecule is CCOCCCNc1nc2c(C)cccn2c(=O)c1C=C1SC(=S)N(Cc2ccc(F)cc2)C1=O. The summed E-state index contributed by atoms with van der Waals surface area (Å²) in [5.41, 5.74) is 2.16. The lowest BCUT2D eigenvalue weighted by Crippen LogP contribution is -2.27. The van der Waals surface area contributed by atoms with E-state index < -0.39 is 0 Å². The lowest BCUT2D eigenvalue weighted by molar-refractivity contribution is -0.122. The zero-order valence-corrected chi connectivity index (χ0v) is 21.0. The number of rotatable bonds is 9. The van der Waals surface area contributed by atoms with Gasteiger partial charge in [-0.15, -0.1) is 0 Å². The summed E-state index contributed by atoms with van der Waals surface area (Å²) in [5.74, 6) is -0.246. The average molecular weight is 513 g/mol. The molecule has 1 aliphatic rings. The molecule has 1 amide bonds. The second kappa shape index (κ2) is 11.1. The number of hydrogen-bond acceptors (Lipinski definition) is 7. The summed E-state index contributed by atoms with van der Waals surface area (Å²) in [6, 6.07) is 9.59. The Balaban J connectivity index is 1.67. The van der Waals surface area contributed by atoms with Gasteiger partial charge in [0.05, 0.1) is 17.0 Å².